The number of nitrogens with one attached hydrogen (secondary N) is 2. The fourth-order valence-corrected chi connectivity index (χ4v) is 3.87. The Morgan fingerprint density at radius 1 is 1.19 bits per heavy atom. The number of benzene rings is 1. The Balaban J connectivity index is 1.74. The number of aromatic nitrogens is 2. The predicted molar refractivity (Wildman–Crippen MR) is 102 cm³/mol. The molecule has 0 aliphatic carbocycles. The lowest BCUT2D eigenvalue weighted by molar-refractivity contribution is -0.123. The number of rotatable bonds is 3. The van der Waals surface area contributed by atoms with Gasteiger partial charge >= 0.3 is 0 Å². The van der Waals surface area contributed by atoms with Gasteiger partial charge in [-0.05, 0) is 19.4 Å². The first-order valence-corrected chi connectivity index (χ1v) is 9.38. The SMILES string of the molecule is CNC(=O)[C@H]1CCN(c2nc(-c3ccccc3)nc3c2CCNCC3)C1. The van der Waals surface area contributed by atoms with Gasteiger partial charge in [-0.25, -0.2) is 9.97 Å². The van der Waals surface area contributed by atoms with Gasteiger partial charge in [0, 0.05) is 44.2 Å². The molecule has 2 aromatic rings. The van der Waals surface area contributed by atoms with Crippen LogP contribution in [0.5, 0.6) is 0 Å². The molecule has 4 rings (SSSR count). The molecule has 6 nitrogen and oxygen atoms in total. The predicted octanol–water partition coefficient (Wildman–Crippen LogP) is 1.40. The first-order chi connectivity index (χ1) is 12.8. The minimum absolute atomic E-state index is 0.0368. The standard InChI is InChI=1S/C20H25N5O/c1-21-20(26)15-9-12-25(13-15)19-16-7-10-22-11-8-17(16)23-18(24-19)14-5-3-2-4-6-14/h2-6,15,22H,7-13H2,1H3,(H,21,26)/t15-/m0/s1. The van der Waals surface area contributed by atoms with E-state index in [0.717, 1.165) is 68.3 Å². The largest absolute Gasteiger partial charge is 0.359 e. The van der Waals surface area contributed by atoms with E-state index >= 15 is 0 Å². The third-order valence-electron chi connectivity index (χ3n) is 5.30. The van der Waals surface area contributed by atoms with E-state index in [4.69, 9.17) is 9.97 Å². The van der Waals surface area contributed by atoms with Gasteiger partial charge in [-0.1, -0.05) is 30.3 Å². The number of carbonyl (C=O) groups is 1. The number of amides is 1. The van der Waals surface area contributed by atoms with Crippen LogP contribution in [0.25, 0.3) is 11.4 Å². The maximum absolute atomic E-state index is 12.0. The maximum atomic E-state index is 12.0. The van der Waals surface area contributed by atoms with Crippen LogP contribution in [-0.4, -0.2) is 49.1 Å². The number of anilines is 1. The zero-order valence-electron chi connectivity index (χ0n) is 15.2. The van der Waals surface area contributed by atoms with Crippen molar-refractivity contribution in [2.75, 3.05) is 38.1 Å². The smallest absolute Gasteiger partial charge is 0.224 e. The Hall–Kier alpha value is -2.47. The van der Waals surface area contributed by atoms with Crippen LogP contribution in [-0.2, 0) is 17.6 Å². The molecule has 1 saturated heterocycles. The van der Waals surface area contributed by atoms with Crippen LogP contribution in [0.3, 0.4) is 0 Å². The summed E-state index contributed by atoms with van der Waals surface area (Å²) < 4.78 is 0. The van der Waals surface area contributed by atoms with Gasteiger partial charge in [0.05, 0.1) is 11.6 Å². The Labute approximate surface area is 154 Å². The normalized spacial score (nSPS) is 19.7. The van der Waals surface area contributed by atoms with Crippen LogP contribution in [0.15, 0.2) is 30.3 Å². The quantitative estimate of drug-likeness (QED) is 0.875. The molecule has 2 N–H and O–H groups in total. The average molecular weight is 351 g/mol. The molecule has 26 heavy (non-hydrogen) atoms. The van der Waals surface area contributed by atoms with Crippen LogP contribution in [0.2, 0.25) is 0 Å². The molecule has 1 aromatic heterocycles. The highest BCUT2D eigenvalue weighted by atomic mass is 16.1. The second-order valence-electron chi connectivity index (χ2n) is 6.96. The summed E-state index contributed by atoms with van der Waals surface area (Å²) in [4.78, 5) is 24.2. The lowest BCUT2D eigenvalue weighted by atomic mass is 10.1. The van der Waals surface area contributed by atoms with E-state index in [2.05, 4.69) is 27.7 Å². The third-order valence-corrected chi connectivity index (χ3v) is 5.30. The van der Waals surface area contributed by atoms with Gasteiger partial charge in [-0.2, -0.15) is 0 Å². The van der Waals surface area contributed by atoms with E-state index in [1.54, 1.807) is 7.05 Å². The molecule has 136 valence electrons. The topological polar surface area (TPSA) is 70.2 Å². The van der Waals surface area contributed by atoms with E-state index in [-0.39, 0.29) is 11.8 Å². The molecular formula is C20H25N5O. The molecule has 3 heterocycles. The first-order valence-electron chi connectivity index (χ1n) is 9.38. The summed E-state index contributed by atoms with van der Waals surface area (Å²) in [5, 5.41) is 6.24. The van der Waals surface area contributed by atoms with E-state index in [9.17, 15) is 4.79 Å². The summed E-state index contributed by atoms with van der Waals surface area (Å²) in [6, 6.07) is 10.1. The Morgan fingerprint density at radius 3 is 2.81 bits per heavy atom. The summed E-state index contributed by atoms with van der Waals surface area (Å²) in [7, 11) is 1.71. The molecule has 1 atom stereocenters. The molecule has 0 spiro atoms. The molecule has 6 heteroatoms. The number of nitrogens with zero attached hydrogens (tertiary/aromatic N) is 3. The first kappa shape index (κ1) is 17.0. The van der Waals surface area contributed by atoms with Crippen molar-refractivity contribution in [1.29, 1.82) is 0 Å². The second kappa shape index (κ2) is 7.41. The van der Waals surface area contributed by atoms with Crippen molar-refractivity contribution in [1.82, 2.24) is 20.6 Å². The minimum atomic E-state index is 0.0368. The van der Waals surface area contributed by atoms with Crippen LogP contribution >= 0.6 is 0 Å². The molecule has 0 bridgehead atoms. The molecule has 1 amide bonds. The van der Waals surface area contributed by atoms with Crippen LogP contribution in [0, 0.1) is 5.92 Å². The van der Waals surface area contributed by atoms with Crippen molar-refractivity contribution in [2.45, 2.75) is 19.3 Å². The molecule has 0 saturated carbocycles. The van der Waals surface area contributed by atoms with Gasteiger partial charge in [0.15, 0.2) is 5.82 Å². The Morgan fingerprint density at radius 2 is 2.00 bits per heavy atom. The van der Waals surface area contributed by atoms with Gasteiger partial charge in [-0.15, -0.1) is 0 Å². The summed E-state index contributed by atoms with van der Waals surface area (Å²) in [5.41, 5.74) is 3.42. The van der Waals surface area contributed by atoms with E-state index < -0.39 is 0 Å². The minimum Gasteiger partial charge on any atom is -0.359 e. The number of hydrogen-bond acceptors (Lipinski definition) is 5. The molecule has 2 aliphatic heterocycles. The zero-order chi connectivity index (χ0) is 17.9. The third kappa shape index (κ3) is 3.29. The summed E-state index contributed by atoms with van der Waals surface area (Å²) in [5.74, 6) is 1.96. The highest BCUT2D eigenvalue weighted by molar-refractivity contribution is 5.79. The van der Waals surface area contributed by atoms with Crippen molar-refractivity contribution in [3.8, 4) is 11.4 Å². The molecule has 1 fully saturated rings. The van der Waals surface area contributed by atoms with Crippen molar-refractivity contribution >= 4 is 11.7 Å². The molecular weight excluding hydrogens is 326 g/mol. The van der Waals surface area contributed by atoms with Crippen LogP contribution in [0.1, 0.15) is 17.7 Å². The number of hydrogen-bond donors (Lipinski definition) is 2. The zero-order valence-corrected chi connectivity index (χ0v) is 15.2. The van der Waals surface area contributed by atoms with Gasteiger partial charge in [-0.3, -0.25) is 4.79 Å². The van der Waals surface area contributed by atoms with Crippen LogP contribution in [0.4, 0.5) is 5.82 Å². The molecule has 1 aromatic carbocycles. The number of fused-ring (bicyclic) bond motifs is 1. The van der Waals surface area contributed by atoms with Gasteiger partial charge in [0.25, 0.3) is 0 Å². The highest BCUT2D eigenvalue weighted by Gasteiger charge is 2.31. The summed E-state index contributed by atoms with van der Waals surface area (Å²) in [6.45, 7) is 3.48. The van der Waals surface area contributed by atoms with Gasteiger partial charge in [0.1, 0.15) is 5.82 Å². The second-order valence-corrected chi connectivity index (χ2v) is 6.96. The lowest BCUT2D eigenvalue weighted by Gasteiger charge is -2.22. The van der Waals surface area contributed by atoms with Crippen molar-refractivity contribution < 1.29 is 4.79 Å². The van der Waals surface area contributed by atoms with Crippen LogP contribution < -0.4 is 15.5 Å². The Kier molecular flexibility index (Phi) is 4.84. The average Bonchev–Trinajstić information content (AvgIpc) is 3.06. The summed E-state index contributed by atoms with van der Waals surface area (Å²) >= 11 is 0. The van der Waals surface area contributed by atoms with Gasteiger partial charge < -0.3 is 15.5 Å². The van der Waals surface area contributed by atoms with Gasteiger partial charge in [0.2, 0.25) is 5.91 Å². The van der Waals surface area contributed by atoms with Crippen molar-refractivity contribution in [3.05, 3.63) is 41.6 Å². The number of carbonyl (C=O) groups excluding carboxylic acids is 1. The maximum Gasteiger partial charge on any atom is 0.224 e. The molecule has 0 radical (unpaired) electrons. The fraction of sp³-hybridized carbons (Fsp3) is 0.450. The van der Waals surface area contributed by atoms with Crippen molar-refractivity contribution in [3.63, 3.8) is 0 Å². The van der Waals surface area contributed by atoms with E-state index in [1.807, 2.05) is 18.2 Å². The molecule has 0 unspecified atom stereocenters. The summed E-state index contributed by atoms with van der Waals surface area (Å²) in [6.07, 6.45) is 2.72. The van der Waals surface area contributed by atoms with E-state index in [0.29, 0.717) is 0 Å². The molecule has 2 aliphatic rings. The Bertz CT molecular complexity index is 792. The highest BCUT2D eigenvalue weighted by Crippen LogP contribution is 2.30. The van der Waals surface area contributed by atoms with Crippen molar-refractivity contribution in [2.24, 2.45) is 5.92 Å². The van der Waals surface area contributed by atoms with E-state index in [1.165, 1.54) is 5.56 Å². The fourth-order valence-electron chi connectivity index (χ4n) is 3.87. The monoisotopic (exact) mass is 351 g/mol. The lowest BCUT2D eigenvalue weighted by Crippen LogP contribution is -2.31.